The molecule has 0 aliphatic carbocycles. The molecular formula is C3H10MgOS. The average molecular weight is 118 g/mol. The van der Waals surface area contributed by atoms with Crippen LogP contribution in [0.25, 0.3) is 0 Å². The van der Waals surface area contributed by atoms with Gasteiger partial charge in [0.25, 0.3) is 0 Å². The lowest BCUT2D eigenvalue weighted by atomic mass is 11.9. The summed E-state index contributed by atoms with van der Waals surface area (Å²) in [6.45, 7) is 0. The van der Waals surface area contributed by atoms with Crippen LogP contribution in [0.4, 0.5) is 0 Å². The third-order valence-corrected chi connectivity index (χ3v) is 0. The molecule has 36 valence electrons. The van der Waals surface area contributed by atoms with Gasteiger partial charge >= 0.3 is 0 Å². The van der Waals surface area contributed by atoms with Crippen LogP contribution in [0.15, 0.2) is 0 Å². The van der Waals surface area contributed by atoms with Crippen molar-refractivity contribution in [2.45, 2.75) is 0 Å². The predicted octanol–water partition coefficient (Wildman–Crippen LogP) is -0.0635. The molecule has 1 N–H and O–H groups in total. The summed E-state index contributed by atoms with van der Waals surface area (Å²) >= 11 is 0. The zero-order valence-corrected chi connectivity index (χ0v) is 6.79. The van der Waals surface area contributed by atoms with Crippen LogP contribution in [-0.4, -0.2) is 47.3 Å². The van der Waals surface area contributed by atoms with Crippen molar-refractivity contribution in [1.29, 1.82) is 0 Å². The highest BCUT2D eigenvalue weighted by Crippen LogP contribution is 1.63. The Morgan fingerprint density at radius 1 is 1.00 bits per heavy atom. The van der Waals surface area contributed by atoms with Crippen LogP contribution in [0.2, 0.25) is 0 Å². The third kappa shape index (κ3) is 72.8. The molecule has 0 heterocycles. The molecule has 0 unspecified atom stereocenters. The Hall–Kier alpha value is 1.08. The van der Waals surface area contributed by atoms with E-state index in [1.165, 1.54) is 0 Å². The maximum absolute atomic E-state index is 2.19. The van der Waals surface area contributed by atoms with Gasteiger partial charge in [-0.3, -0.25) is 0 Å². The van der Waals surface area contributed by atoms with Crippen molar-refractivity contribution >= 4 is 33.9 Å². The van der Waals surface area contributed by atoms with E-state index in [4.69, 9.17) is 0 Å². The van der Waals surface area contributed by atoms with Crippen LogP contribution < -0.4 is 0 Å². The van der Waals surface area contributed by atoms with E-state index in [2.05, 4.69) is 18.8 Å². The molecule has 2 radical (unpaired) electrons. The highest BCUT2D eigenvalue weighted by Gasteiger charge is 1.77. The molecule has 0 saturated carbocycles. The Labute approximate surface area is 58.3 Å². The molecule has 0 amide bonds. The summed E-state index contributed by atoms with van der Waals surface area (Å²) in [5, 5.41) is 0. The third-order valence-electron chi connectivity index (χ3n) is 0. The highest BCUT2D eigenvalue weighted by molar-refractivity contribution is 7.94. The van der Waals surface area contributed by atoms with Crippen LogP contribution in [-0.2, 0) is 10.9 Å². The molecule has 3 heteroatoms. The summed E-state index contributed by atoms with van der Waals surface area (Å²) in [6, 6.07) is 0. The molecule has 0 aromatic heterocycles. The van der Waals surface area contributed by atoms with Crippen LogP contribution >= 0.6 is 0 Å². The second kappa shape index (κ2) is 9.42. The van der Waals surface area contributed by atoms with Gasteiger partial charge in [-0.1, -0.05) is 0 Å². The topological polar surface area (TPSA) is 30.0 Å². The van der Waals surface area contributed by atoms with Gasteiger partial charge in [0, 0.05) is 23.1 Å². The first-order valence-corrected chi connectivity index (χ1v) is 3.67. The molecular weight excluding hydrogens is 108 g/mol. The van der Waals surface area contributed by atoms with Crippen LogP contribution in [0.5, 0.6) is 0 Å². The zero-order chi connectivity index (χ0) is 3.58. The van der Waals surface area contributed by atoms with E-state index in [0.717, 1.165) is 0 Å². The van der Waals surface area contributed by atoms with Crippen LogP contribution in [0, 0.1) is 0 Å². The fourth-order valence-corrected chi connectivity index (χ4v) is 0. The molecule has 0 spiro atoms. The van der Waals surface area contributed by atoms with Gasteiger partial charge in [0.2, 0.25) is 0 Å². The first kappa shape index (κ1) is 15.7. The van der Waals surface area contributed by atoms with Crippen molar-refractivity contribution in [2.24, 2.45) is 0 Å². The monoisotopic (exact) mass is 118 g/mol. The van der Waals surface area contributed by atoms with E-state index in [1.807, 2.05) is 0 Å². The molecule has 0 atom stereocenters. The Balaban J connectivity index is -0.0000000450. The molecule has 0 fully saturated rings. The van der Waals surface area contributed by atoms with E-state index < -0.39 is 0 Å². The van der Waals surface area contributed by atoms with Gasteiger partial charge in [0.15, 0.2) is 0 Å². The van der Waals surface area contributed by atoms with E-state index in [1.54, 1.807) is 0 Å². The quantitative estimate of drug-likeness (QED) is 0.324. The smallest absolute Gasteiger partial charge is 0.0969 e. The van der Waals surface area contributed by atoms with Gasteiger partial charge in [0.05, 0.1) is 18.8 Å². The van der Waals surface area contributed by atoms with Gasteiger partial charge in [-0.2, -0.15) is 0 Å². The summed E-state index contributed by atoms with van der Waals surface area (Å²) in [4.78, 5) is 0. The van der Waals surface area contributed by atoms with E-state index in [0.29, 0.717) is 10.9 Å². The lowest BCUT2D eigenvalue weighted by Gasteiger charge is -1.69. The molecule has 0 saturated heterocycles. The maximum Gasteiger partial charge on any atom is 0.0969 e. The minimum absolute atomic E-state index is 0. The minimum atomic E-state index is 0. The highest BCUT2D eigenvalue weighted by atomic mass is 32.2. The molecule has 6 heavy (non-hydrogen) atoms. The second-order valence-corrected chi connectivity index (χ2v) is 3.67. The SMILES string of the molecule is C[S+](C)C.[Mg].[OH-]. The zero-order valence-electron chi connectivity index (χ0n) is 4.56. The fraction of sp³-hybridized carbons (Fsp3) is 1.00. The summed E-state index contributed by atoms with van der Waals surface area (Å²) < 4.78 is 0. The molecule has 1 nitrogen and oxygen atoms in total. The van der Waals surface area contributed by atoms with Gasteiger partial charge in [0.1, 0.15) is 0 Å². The van der Waals surface area contributed by atoms with Crippen molar-refractivity contribution in [3.63, 3.8) is 0 Å². The Kier molecular flexibility index (Phi) is 24.7. The molecule has 0 rings (SSSR count). The Morgan fingerprint density at radius 3 is 1.00 bits per heavy atom. The predicted molar refractivity (Wildman–Crippen MR) is 32.8 cm³/mol. The molecule has 0 aliphatic rings. The standard InChI is InChI=1S/C3H9S.Mg.H2O/c1-4(2)3;;/h1-3H3;;1H2/q+1;;/p-1. The largest absolute Gasteiger partial charge is 0.870 e. The summed E-state index contributed by atoms with van der Waals surface area (Å²) in [5.74, 6) is 0. The van der Waals surface area contributed by atoms with E-state index in [9.17, 15) is 0 Å². The normalized spacial score (nSPS) is 6.00. The maximum atomic E-state index is 2.19. The lowest BCUT2D eigenvalue weighted by molar-refractivity contribution is 0.824. The summed E-state index contributed by atoms with van der Waals surface area (Å²) in [7, 11) is 0.639. The lowest BCUT2D eigenvalue weighted by Crippen LogP contribution is -1.84. The molecule has 0 bridgehead atoms. The molecule has 0 aliphatic heterocycles. The second-order valence-electron chi connectivity index (χ2n) is 1.22. The van der Waals surface area contributed by atoms with Crippen molar-refractivity contribution in [3.05, 3.63) is 0 Å². The van der Waals surface area contributed by atoms with Crippen molar-refractivity contribution in [3.8, 4) is 0 Å². The summed E-state index contributed by atoms with van der Waals surface area (Å²) in [5.41, 5.74) is 0. The summed E-state index contributed by atoms with van der Waals surface area (Å²) in [6.07, 6.45) is 6.58. The first-order chi connectivity index (χ1) is 1.73. The van der Waals surface area contributed by atoms with Gasteiger partial charge in [-0.05, 0) is 10.9 Å². The number of hydrogen-bond acceptors (Lipinski definition) is 1. The fourth-order valence-electron chi connectivity index (χ4n) is 0. The molecule has 0 aromatic rings. The van der Waals surface area contributed by atoms with Crippen molar-refractivity contribution < 1.29 is 5.48 Å². The van der Waals surface area contributed by atoms with E-state index in [-0.39, 0.29) is 28.5 Å². The van der Waals surface area contributed by atoms with Gasteiger partial charge in [-0.15, -0.1) is 0 Å². The van der Waals surface area contributed by atoms with Crippen LogP contribution in [0.3, 0.4) is 0 Å². The van der Waals surface area contributed by atoms with E-state index >= 15 is 0 Å². The van der Waals surface area contributed by atoms with Crippen molar-refractivity contribution in [2.75, 3.05) is 18.8 Å². The minimum Gasteiger partial charge on any atom is -0.870 e. The van der Waals surface area contributed by atoms with Gasteiger partial charge < -0.3 is 5.48 Å². The Morgan fingerprint density at radius 2 is 1.00 bits per heavy atom. The average Bonchev–Trinajstić information content (AvgIpc) is 0.811. The van der Waals surface area contributed by atoms with Crippen molar-refractivity contribution in [1.82, 2.24) is 0 Å². The number of hydrogen-bond donors (Lipinski definition) is 0. The van der Waals surface area contributed by atoms with Crippen LogP contribution in [0.1, 0.15) is 0 Å². The molecule has 0 aromatic carbocycles. The first-order valence-electron chi connectivity index (χ1n) is 1.22. The number of rotatable bonds is 0. The van der Waals surface area contributed by atoms with Gasteiger partial charge in [-0.25, -0.2) is 0 Å². The Bertz CT molecular complexity index is 15.5.